The summed E-state index contributed by atoms with van der Waals surface area (Å²) in [5.41, 5.74) is 1.11. The summed E-state index contributed by atoms with van der Waals surface area (Å²) in [5, 5.41) is 15.5. The predicted octanol–water partition coefficient (Wildman–Crippen LogP) is 1.86. The van der Waals surface area contributed by atoms with Crippen molar-refractivity contribution >= 4 is 5.69 Å². The summed E-state index contributed by atoms with van der Waals surface area (Å²) in [6, 6.07) is 6.66. The molecule has 1 fully saturated rings. The van der Waals surface area contributed by atoms with Crippen LogP contribution < -0.4 is 10.6 Å². The van der Waals surface area contributed by atoms with E-state index < -0.39 is 0 Å². The Morgan fingerprint density at radius 2 is 2.12 bits per heavy atom. The fourth-order valence-corrected chi connectivity index (χ4v) is 1.92. The van der Waals surface area contributed by atoms with Crippen LogP contribution in [0.3, 0.4) is 0 Å². The molecule has 0 atom stereocenters. The number of benzene rings is 1. The maximum absolute atomic E-state index is 12.9. The lowest BCUT2D eigenvalue weighted by molar-refractivity contribution is 0.479. The van der Waals surface area contributed by atoms with Crippen LogP contribution in [-0.2, 0) is 0 Å². The third kappa shape index (κ3) is 2.50. The second-order valence-corrected chi connectivity index (χ2v) is 3.97. The van der Waals surface area contributed by atoms with Gasteiger partial charge in [0.2, 0.25) is 0 Å². The van der Waals surface area contributed by atoms with Gasteiger partial charge in [-0.15, -0.1) is 0 Å². The van der Waals surface area contributed by atoms with Crippen LogP contribution in [0.1, 0.15) is 18.4 Å². The average molecular weight is 219 g/mol. The van der Waals surface area contributed by atoms with Crippen molar-refractivity contribution in [2.75, 3.05) is 18.4 Å². The molecule has 1 aliphatic heterocycles. The molecule has 0 aliphatic carbocycles. The molecule has 16 heavy (non-hydrogen) atoms. The number of anilines is 1. The van der Waals surface area contributed by atoms with Crippen molar-refractivity contribution in [3.8, 4) is 6.07 Å². The Labute approximate surface area is 94.3 Å². The lowest BCUT2D eigenvalue weighted by atomic mass is 10.1. The molecule has 2 N–H and O–H groups in total. The van der Waals surface area contributed by atoms with Gasteiger partial charge in [0.25, 0.3) is 0 Å². The van der Waals surface area contributed by atoms with Crippen LogP contribution in [0.5, 0.6) is 0 Å². The van der Waals surface area contributed by atoms with E-state index in [1.807, 2.05) is 6.07 Å². The first kappa shape index (κ1) is 10.9. The second kappa shape index (κ2) is 4.95. The molecule has 0 unspecified atom stereocenters. The molecule has 4 heteroatoms. The van der Waals surface area contributed by atoms with Crippen molar-refractivity contribution in [2.24, 2.45) is 0 Å². The number of nitrogens with one attached hydrogen (secondary N) is 2. The lowest BCUT2D eigenvalue weighted by Crippen LogP contribution is -2.35. The van der Waals surface area contributed by atoms with E-state index in [0.717, 1.165) is 31.6 Å². The minimum atomic E-state index is -0.368. The van der Waals surface area contributed by atoms with Crippen LogP contribution in [0, 0.1) is 17.1 Å². The van der Waals surface area contributed by atoms with Crippen LogP contribution in [0.25, 0.3) is 0 Å². The first-order valence-electron chi connectivity index (χ1n) is 5.46. The van der Waals surface area contributed by atoms with Gasteiger partial charge in [-0.3, -0.25) is 0 Å². The van der Waals surface area contributed by atoms with Gasteiger partial charge in [0.05, 0.1) is 11.3 Å². The van der Waals surface area contributed by atoms with E-state index in [1.54, 1.807) is 6.07 Å². The SMILES string of the molecule is N#Cc1cc(F)ccc1NC1CCNCC1. The van der Waals surface area contributed by atoms with Gasteiger partial charge in [-0.05, 0) is 44.1 Å². The molecule has 1 aromatic carbocycles. The number of piperidine rings is 1. The molecule has 1 heterocycles. The molecule has 0 amide bonds. The minimum Gasteiger partial charge on any atom is -0.381 e. The minimum absolute atomic E-state index is 0.368. The molecule has 0 spiro atoms. The van der Waals surface area contributed by atoms with Gasteiger partial charge in [-0.25, -0.2) is 4.39 Å². The van der Waals surface area contributed by atoms with E-state index >= 15 is 0 Å². The molecule has 3 nitrogen and oxygen atoms in total. The van der Waals surface area contributed by atoms with Gasteiger partial charge in [-0.2, -0.15) is 5.26 Å². The predicted molar refractivity (Wildman–Crippen MR) is 60.6 cm³/mol. The highest BCUT2D eigenvalue weighted by atomic mass is 19.1. The zero-order valence-electron chi connectivity index (χ0n) is 8.96. The molecule has 0 saturated carbocycles. The molecule has 84 valence electrons. The average Bonchev–Trinajstić information content (AvgIpc) is 2.33. The Bertz CT molecular complexity index is 405. The van der Waals surface area contributed by atoms with E-state index in [9.17, 15) is 4.39 Å². The highest BCUT2D eigenvalue weighted by Crippen LogP contribution is 2.19. The third-order valence-electron chi connectivity index (χ3n) is 2.80. The summed E-state index contributed by atoms with van der Waals surface area (Å²) in [5.74, 6) is -0.368. The summed E-state index contributed by atoms with van der Waals surface area (Å²) < 4.78 is 12.9. The number of hydrogen-bond acceptors (Lipinski definition) is 3. The van der Waals surface area contributed by atoms with Crippen LogP contribution in [0.4, 0.5) is 10.1 Å². The molecule has 0 radical (unpaired) electrons. The third-order valence-corrected chi connectivity index (χ3v) is 2.80. The van der Waals surface area contributed by atoms with E-state index in [0.29, 0.717) is 11.6 Å². The van der Waals surface area contributed by atoms with Crippen molar-refractivity contribution in [3.05, 3.63) is 29.6 Å². The largest absolute Gasteiger partial charge is 0.381 e. The van der Waals surface area contributed by atoms with Crippen molar-refractivity contribution in [2.45, 2.75) is 18.9 Å². The van der Waals surface area contributed by atoms with Crippen molar-refractivity contribution in [3.63, 3.8) is 0 Å². The number of hydrogen-bond donors (Lipinski definition) is 2. The molecule has 1 saturated heterocycles. The van der Waals surface area contributed by atoms with E-state index in [4.69, 9.17) is 5.26 Å². The summed E-state index contributed by atoms with van der Waals surface area (Å²) in [6.45, 7) is 1.97. The molecule has 2 rings (SSSR count). The summed E-state index contributed by atoms with van der Waals surface area (Å²) in [4.78, 5) is 0. The fourth-order valence-electron chi connectivity index (χ4n) is 1.92. The Morgan fingerprint density at radius 3 is 2.81 bits per heavy atom. The number of rotatable bonds is 2. The maximum atomic E-state index is 12.9. The van der Waals surface area contributed by atoms with Gasteiger partial charge >= 0.3 is 0 Å². The van der Waals surface area contributed by atoms with E-state index in [-0.39, 0.29) is 5.82 Å². The van der Waals surface area contributed by atoms with Crippen LogP contribution in [-0.4, -0.2) is 19.1 Å². The Hall–Kier alpha value is -1.60. The van der Waals surface area contributed by atoms with Gasteiger partial charge in [0.1, 0.15) is 11.9 Å². The van der Waals surface area contributed by atoms with Crippen molar-refractivity contribution in [1.29, 1.82) is 5.26 Å². The molecule has 0 bridgehead atoms. The highest BCUT2D eigenvalue weighted by Gasteiger charge is 2.14. The zero-order valence-corrected chi connectivity index (χ0v) is 8.96. The molecule has 1 aliphatic rings. The Balaban J connectivity index is 2.11. The van der Waals surface area contributed by atoms with Crippen molar-refractivity contribution < 1.29 is 4.39 Å². The smallest absolute Gasteiger partial charge is 0.124 e. The highest BCUT2D eigenvalue weighted by molar-refractivity contribution is 5.57. The maximum Gasteiger partial charge on any atom is 0.124 e. The quantitative estimate of drug-likeness (QED) is 0.798. The first-order valence-corrected chi connectivity index (χ1v) is 5.46. The molecule has 1 aromatic rings. The summed E-state index contributed by atoms with van der Waals surface area (Å²) in [6.07, 6.45) is 2.06. The lowest BCUT2D eigenvalue weighted by Gasteiger charge is -2.25. The topological polar surface area (TPSA) is 47.9 Å². The number of nitriles is 1. The van der Waals surface area contributed by atoms with Gasteiger partial charge in [0.15, 0.2) is 0 Å². The normalized spacial score (nSPS) is 16.8. The van der Waals surface area contributed by atoms with Gasteiger partial charge in [0, 0.05) is 6.04 Å². The fraction of sp³-hybridized carbons (Fsp3) is 0.417. The Morgan fingerprint density at radius 1 is 1.38 bits per heavy atom. The van der Waals surface area contributed by atoms with E-state index in [2.05, 4.69) is 10.6 Å². The summed E-state index contributed by atoms with van der Waals surface area (Å²) in [7, 11) is 0. The standard InChI is InChI=1S/C12H14FN3/c13-10-1-2-12(9(7-10)8-14)16-11-3-5-15-6-4-11/h1-2,7,11,15-16H,3-6H2. The number of halogens is 1. The zero-order chi connectivity index (χ0) is 11.4. The van der Waals surface area contributed by atoms with Gasteiger partial charge < -0.3 is 10.6 Å². The number of nitrogens with zero attached hydrogens (tertiary/aromatic N) is 1. The Kier molecular flexibility index (Phi) is 3.37. The molecular formula is C12H14FN3. The van der Waals surface area contributed by atoms with Crippen LogP contribution in [0.2, 0.25) is 0 Å². The first-order chi connectivity index (χ1) is 7.79. The van der Waals surface area contributed by atoms with Crippen LogP contribution in [0.15, 0.2) is 18.2 Å². The monoisotopic (exact) mass is 219 g/mol. The molecule has 0 aromatic heterocycles. The van der Waals surface area contributed by atoms with Crippen LogP contribution >= 0.6 is 0 Å². The summed E-state index contributed by atoms with van der Waals surface area (Å²) >= 11 is 0. The second-order valence-electron chi connectivity index (χ2n) is 3.97. The van der Waals surface area contributed by atoms with E-state index in [1.165, 1.54) is 12.1 Å². The van der Waals surface area contributed by atoms with Gasteiger partial charge in [-0.1, -0.05) is 0 Å². The molecular weight excluding hydrogens is 205 g/mol. The van der Waals surface area contributed by atoms with Crippen molar-refractivity contribution in [1.82, 2.24) is 5.32 Å².